The molecule has 2 rings (SSSR count). The van der Waals surface area contributed by atoms with Crippen molar-refractivity contribution < 1.29 is 19.4 Å². The molecule has 0 aliphatic rings. The number of hydrogen-bond donors (Lipinski definition) is 2. The fraction of sp³-hybridized carbons (Fsp3) is 0.133. The number of carboxylic acid groups (broad SMARTS) is 1. The summed E-state index contributed by atoms with van der Waals surface area (Å²) < 4.78 is 10.7. The van der Waals surface area contributed by atoms with E-state index in [0.29, 0.717) is 23.8 Å². The predicted octanol–water partition coefficient (Wildman–Crippen LogP) is 2.31. The van der Waals surface area contributed by atoms with Crippen molar-refractivity contribution in [3.05, 3.63) is 54.1 Å². The summed E-state index contributed by atoms with van der Waals surface area (Å²) in [5.41, 5.74) is 7.31. The fourth-order valence-corrected chi connectivity index (χ4v) is 1.61. The SMILES string of the molecule is Nc1ccc(OCC(=O)O)cc1OCc1ccccc1. The molecule has 0 unspecified atom stereocenters. The average molecular weight is 273 g/mol. The first-order chi connectivity index (χ1) is 9.65. The smallest absolute Gasteiger partial charge is 0.341 e. The summed E-state index contributed by atoms with van der Waals surface area (Å²) in [5.74, 6) is -0.157. The quantitative estimate of drug-likeness (QED) is 0.789. The number of aliphatic carboxylic acids is 1. The van der Waals surface area contributed by atoms with Crippen LogP contribution >= 0.6 is 0 Å². The lowest BCUT2D eigenvalue weighted by Crippen LogP contribution is -2.09. The molecule has 2 aromatic carbocycles. The van der Waals surface area contributed by atoms with E-state index in [9.17, 15) is 4.79 Å². The first-order valence-corrected chi connectivity index (χ1v) is 6.06. The Balaban J connectivity index is 2.03. The maximum absolute atomic E-state index is 10.5. The van der Waals surface area contributed by atoms with E-state index in [1.165, 1.54) is 0 Å². The summed E-state index contributed by atoms with van der Waals surface area (Å²) >= 11 is 0. The molecule has 20 heavy (non-hydrogen) atoms. The second kappa shape index (κ2) is 6.47. The highest BCUT2D eigenvalue weighted by Gasteiger charge is 2.05. The highest BCUT2D eigenvalue weighted by Crippen LogP contribution is 2.27. The van der Waals surface area contributed by atoms with Crippen LogP contribution in [-0.2, 0) is 11.4 Å². The van der Waals surface area contributed by atoms with Crippen LogP contribution in [0.25, 0.3) is 0 Å². The Morgan fingerprint density at radius 3 is 2.55 bits per heavy atom. The van der Waals surface area contributed by atoms with Crippen molar-refractivity contribution in [2.75, 3.05) is 12.3 Å². The molecule has 0 atom stereocenters. The number of anilines is 1. The fourth-order valence-electron chi connectivity index (χ4n) is 1.61. The van der Waals surface area contributed by atoms with Crippen LogP contribution in [0.1, 0.15) is 5.56 Å². The Kier molecular flexibility index (Phi) is 4.44. The second-order valence-electron chi connectivity index (χ2n) is 4.16. The number of nitrogens with two attached hydrogens (primary N) is 1. The Bertz CT molecular complexity index is 584. The summed E-state index contributed by atoms with van der Waals surface area (Å²) in [4.78, 5) is 10.5. The maximum atomic E-state index is 10.5. The molecular weight excluding hydrogens is 258 g/mol. The molecule has 0 amide bonds. The van der Waals surface area contributed by atoms with Gasteiger partial charge in [-0.05, 0) is 17.7 Å². The molecule has 5 heteroatoms. The van der Waals surface area contributed by atoms with E-state index in [1.807, 2.05) is 30.3 Å². The standard InChI is InChI=1S/C15H15NO4/c16-13-7-6-12(19-10-15(17)18)8-14(13)20-9-11-4-2-1-3-5-11/h1-8H,9-10,16H2,(H,17,18). The highest BCUT2D eigenvalue weighted by molar-refractivity contribution is 5.68. The molecule has 0 saturated carbocycles. The van der Waals surface area contributed by atoms with E-state index in [0.717, 1.165) is 5.56 Å². The molecule has 0 spiro atoms. The lowest BCUT2D eigenvalue weighted by Gasteiger charge is -2.11. The summed E-state index contributed by atoms with van der Waals surface area (Å²) in [6, 6.07) is 14.5. The van der Waals surface area contributed by atoms with Crippen molar-refractivity contribution in [2.24, 2.45) is 0 Å². The van der Waals surface area contributed by atoms with Crippen LogP contribution in [0.15, 0.2) is 48.5 Å². The van der Waals surface area contributed by atoms with Gasteiger partial charge in [-0.25, -0.2) is 4.79 Å². The molecule has 0 fully saturated rings. The van der Waals surface area contributed by atoms with Crippen LogP contribution in [0.2, 0.25) is 0 Å². The van der Waals surface area contributed by atoms with Crippen LogP contribution in [0.4, 0.5) is 5.69 Å². The number of carboxylic acids is 1. The summed E-state index contributed by atoms with van der Waals surface area (Å²) in [5, 5.41) is 8.57. The number of benzene rings is 2. The molecule has 104 valence electrons. The maximum Gasteiger partial charge on any atom is 0.341 e. The normalized spacial score (nSPS) is 10.0. The van der Waals surface area contributed by atoms with Gasteiger partial charge in [0.2, 0.25) is 0 Å². The first kappa shape index (κ1) is 13.7. The average Bonchev–Trinajstić information content (AvgIpc) is 2.46. The number of carbonyl (C=O) groups is 1. The molecule has 0 aliphatic heterocycles. The first-order valence-electron chi connectivity index (χ1n) is 6.06. The molecule has 0 aromatic heterocycles. The minimum atomic E-state index is -1.03. The molecular formula is C15H15NO4. The van der Waals surface area contributed by atoms with Crippen LogP contribution in [0.3, 0.4) is 0 Å². The van der Waals surface area contributed by atoms with Gasteiger partial charge in [-0.3, -0.25) is 0 Å². The predicted molar refractivity (Wildman–Crippen MR) is 74.8 cm³/mol. The Hall–Kier alpha value is -2.69. The van der Waals surface area contributed by atoms with E-state index in [4.69, 9.17) is 20.3 Å². The summed E-state index contributed by atoms with van der Waals surface area (Å²) in [6.45, 7) is -0.0184. The van der Waals surface area contributed by atoms with Gasteiger partial charge in [-0.1, -0.05) is 30.3 Å². The molecule has 0 aliphatic carbocycles. The number of hydrogen-bond acceptors (Lipinski definition) is 4. The third-order valence-corrected chi connectivity index (χ3v) is 2.58. The van der Waals surface area contributed by atoms with Gasteiger partial charge in [0.05, 0.1) is 5.69 Å². The topological polar surface area (TPSA) is 81.8 Å². The van der Waals surface area contributed by atoms with Gasteiger partial charge in [0.15, 0.2) is 6.61 Å². The van der Waals surface area contributed by atoms with Gasteiger partial charge in [0, 0.05) is 6.07 Å². The van der Waals surface area contributed by atoms with E-state index in [1.54, 1.807) is 18.2 Å². The van der Waals surface area contributed by atoms with Crippen molar-refractivity contribution >= 4 is 11.7 Å². The van der Waals surface area contributed by atoms with Crippen molar-refractivity contribution in [1.29, 1.82) is 0 Å². The van der Waals surface area contributed by atoms with Crippen molar-refractivity contribution in [1.82, 2.24) is 0 Å². The number of rotatable bonds is 6. The number of ether oxygens (including phenoxy) is 2. The lowest BCUT2D eigenvalue weighted by molar-refractivity contribution is -0.139. The van der Waals surface area contributed by atoms with Crippen LogP contribution in [-0.4, -0.2) is 17.7 Å². The van der Waals surface area contributed by atoms with Crippen LogP contribution in [0.5, 0.6) is 11.5 Å². The lowest BCUT2D eigenvalue weighted by atomic mass is 10.2. The largest absolute Gasteiger partial charge is 0.487 e. The molecule has 0 heterocycles. The van der Waals surface area contributed by atoms with Gasteiger partial charge >= 0.3 is 5.97 Å². The molecule has 5 nitrogen and oxygen atoms in total. The van der Waals surface area contributed by atoms with Gasteiger partial charge in [-0.2, -0.15) is 0 Å². The monoisotopic (exact) mass is 273 g/mol. The van der Waals surface area contributed by atoms with Gasteiger partial charge in [0.1, 0.15) is 18.1 Å². The zero-order valence-electron chi connectivity index (χ0n) is 10.8. The van der Waals surface area contributed by atoms with Crippen molar-refractivity contribution in [2.45, 2.75) is 6.61 Å². The molecule has 0 bridgehead atoms. The Morgan fingerprint density at radius 1 is 1.10 bits per heavy atom. The van der Waals surface area contributed by atoms with Crippen LogP contribution < -0.4 is 15.2 Å². The zero-order chi connectivity index (χ0) is 14.4. The zero-order valence-corrected chi connectivity index (χ0v) is 10.8. The third-order valence-electron chi connectivity index (χ3n) is 2.58. The third kappa shape index (κ3) is 3.91. The Labute approximate surface area is 116 Å². The highest BCUT2D eigenvalue weighted by atomic mass is 16.5. The van der Waals surface area contributed by atoms with Gasteiger partial charge in [0.25, 0.3) is 0 Å². The van der Waals surface area contributed by atoms with Gasteiger partial charge < -0.3 is 20.3 Å². The Morgan fingerprint density at radius 2 is 1.85 bits per heavy atom. The number of nitrogen functional groups attached to an aromatic ring is 1. The summed E-state index contributed by atoms with van der Waals surface area (Å²) in [6.07, 6.45) is 0. The van der Waals surface area contributed by atoms with Gasteiger partial charge in [-0.15, -0.1) is 0 Å². The molecule has 3 N–H and O–H groups in total. The van der Waals surface area contributed by atoms with E-state index < -0.39 is 12.6 Å². The van der Waals surface area contributed by atoms with E-state index >= 15 is 0 Å². The molecule has 2 aromatic rings. The molecule has 0 radical (unpaired) electrons. The van der Waals surface area contributed by atoms with Crippen LogP contribution in [0, 0.1) is 0 Å². The second-order valence-corrected chi connectivity index (χ2v) is 4.16. The van der Waals surface area contributed by atoms with Crippen molar-refractivity contribution in [3.63, 3.8) is 0 Å². The van der Waals surface area contributed by atoms with Crippen molar-refractivity contribution in [3.8, 4) is 11.5 Å². The van der Waals surface area contributed by atoms with E-state index in [-0.39, 0.29) is 0 Å². The minimum absolute atomic E-state index is 0.382. The van der Waals surface area contributed by atoms with E-state index in [2.05, 4.69) is 0 Å². The molecule has 0 saturated heterocycles. The minimum Gasteiger partial charge on any atom is -0.487 e. The summed E-state index contributed by atoms with van der Waals surface area (Å²) in [7, 11) is 0.